The quantitative estimate of drug-likeness (QED) is 0.838. The molecule has 0 unspecified atom stereocenters. The standard InChI is InChI=1S/C16H22N2O2/c17-14-5-12(16-13(6-14)9-19-10-20-16)8-18(15-3-4-15)7-11-1-2-11/h5-6,11,15H,1-4,7-10,17H2. The zero-order valence-corrected chi connectivity index (χ0v) is 11.8. The first kappa shape index (κ1) is 12.5. The summed E-state index contributed by atoms with van der Waals surface area (Å²) in [5.41, 5.74) is 9.17. The average Bonchev–Trinajstić information content (AvgIpc) is 3.31. The third kappa shape index (κ3) is 2.63. The Morgan fingerprint density at radius 3 is 2.80 bits per heavy atom. The minimum Gasteiger partial charge on any atom is -0.467 e. The Balaban J connectivity index is 1.58. The lowest BCUT2D eigenvalue weighted by atomic mass is 10.1. The zero-order valence-electron chi connectivity index (χ0n) is 11.8. The summed E-state index contributed by atoms with van der Waals surface area (Å²) in [6, 6.07) is 4.83. The van der Waals surface area contributed by atoms with Gasteiger partial charge in [-0.05, 0) is 43.7 Å². The lowest BCUT2D eigenvalue weighted by Crippen LogP contribution is -2.28. The summed E-state index contributed by atoms with van der Waals surface area (Å²) >= 11 is 0. The van der Waals surface area contributed by atoms with E-state index in [1.165, 1.54) is 37.8 Å². The number of ether oxygens (including phenoxy) is 2. The number of hydrogen-bond donors (Lipinski definition) is 1. The normalized spacial score (nSPS) is 21.6. The van der Waals surface area contributed by atoms with Crippen LogP contribution in [0.3, 0.4) is 0 Å². The highest BCUT2D eigenvalue weighted by atomic mass is 16.7. The second-order valence-electron chi connectivity index (χ2n) is 6.38. The lowest BCUT2D eigenvalue weighted by molar-refractivity contribution is -0.0174. The summed E-state index contributed by atoms with van der Waals surface area (Å²) in [5.74, 6) is 1.93. The molecule has 2 aliphatic carbocycles. The van der Waals surface area contributed by atoms with Crippen molar-refractivity contribution < 1.29 is 9.47 Å². The molecule has 1 aromatic carbocycles. The fraction of sp³-hybridized carbons (Fsp3) is 0.625. The summed E-state index contributed by atoms with van der Waals surface area (Å²) < 4.78 is 11.1. The van der Waals surface area contributed by atoms with E-state index < -0.39 is 0 Å². The van der Waals surface area contributed by atoms with E-state index in [0.717, 1.165) is 35.5 Å². The third-order valence-corrected chi connectivity index (χ3v) is 4.44. The van der Waals surface area contributed by atoms with Gasteiger partial charge in [-0.2, -0.15) is 0 Å². The van der Waals surface area contributed by atoms with Crippen LogP contribution in [0.4, 0.5) is 5.69 Å². The van der Waals surface area contributed by atoms with E-state index in [2.05, 4.69) is 11.0 Å². The molecule has 20 heavy (non-hydrogen) atoms. The van der Waals surface area contributed by atoms with Crippen molar-refractivity contribution in [3.63, 3.8) is 0 Å². The van der Waals surface area contributed by atoms with Gasteiger partial charge in [0.2, 0.25) is 0 Å². The van der Waals surface area contributed by atoms with Crippen molar-refractivity contribution in [3.05, 3.63) is 23.3 Å². The molecular weight excluding hydrogens is 252 g/mol. The van der Waals surface area contributed by atoms with Gasteiger partial charge in [0, 0.05) is 35.9 Å². The molecule has 4 heteroatoms. The predicted octanol–water partition coefficient (Wildman–Crippen LogP) is 2.51. The van der Waals surface area contributed by atoms with Crippen LogP contribution in [0, 0.1) is 5.92 Å². The highest BCUT2D eigenvalue weighted by Crippen LogP contribution is 2.38. The Hall–Kier alpha value is -1.26. The zero-order chi connectivity index (χ0) is 13.5. The van der Waals surface area contributed by atoms with Gasteiger partial charge in [0.25, 0.3) is 0 Å². The molecule has 1 aliphatic heterocycles. The highest BCUT2D eigenvalue weighted by Gasteiger charge is 2.34. The number of anilines is 1. The van der Waals surface area contributed by atoms with Crippen LogP contribution in [0.15, 0.2) is 12.1 Å². The fourth-order valence-corrected chi connectivity index (χ4v) is 3.08. The number of fused-ring (bicyclic) bond motifs is 1. The van der Waals surface area contributed by atoms with Gasteiger partial charge in [-0.3, -0.25) is 4.90 Å². The SMILES string of the molecule is Nc1cc2c(c(CN(CC3CC3)C3CC3)c1)OCOC2. The van der Waals surface area contributed by atoms with Crippen LogP contribution >= 0.6 is 0 Å². The molecule has 0 aromatic heterocycles. The van der Waals surface area contributed by atoms with Gasteiger partial charge < -0.3 is 15.2 Å². The van der Waals surface area contributed by atoms with Crippen LogP contribution in [0.1, 0.15) is 36.8 Å². The van der Waals surface area contributed by atoms with Gasteiger partial charge in [-0.25, -0.2) is 0 Å². The maximum absolute atomic E-state index is 6.03. The number of nitrogens with two attached hydrogens (primary N) is 1. The van der Waals surface area contributed by atoms with Crippen molar-refractivity contribution in [1.29, 1.82) is 0 Å². The number of nitrogens with zero attached hydrogens (tertiary/aromatic N) is 1. The molecule has 1 aromatic rings. The Labute approximate surface area is 119 Å². The van der Waals surface area contributed by atoms with Gasteiger partial charge in [0.05, 0.1) is 6.61 Å². The molecule has 2 saturated carbocycles. The van der Waals surface area contributed by atoms with Crippen LogP contribution in [-0.4, -0.2) is 24.3 Å². The first-order valence-corrected chi connectivity index (χ1v) is 7.65. The molecule has 0 amide bonds. The van der Waals surface area contributed by atoms with E-state index in [0.29, 0.717) is 13.4 Å². The molecule has 3 aliphatic rings. The van der Waals surface area contributed by atoms with Gasteiger partial charge in [-0.15, -0.1) is 0 Å². The third-order valence-electron chi connectivity index (χ3n) is 4.44. The summed E-state index contributed by atoms with van der Waals surface area (Å²) in [7, 11) is 0. The van der Waals surface area contributed by atoms with Crippen molar-refractivity contribution >= 4 is 5.69 Å². The van der Waals surface area contributed by atoms with E-state index in [4.69, 9.17) is 15.2 Å². The minimum atomic E-state index is 0.357. The monoisotopic (exact) mass is 274 g/mol. The molecule has 2 fully saturated rings. The van der Waals surface area contributed by atoms with Gasteiger partial charge in [0.1, 0.15) is 5.75 Å². The Kier molecular flexibility index (Phi) is 3.08. The van der Waals surface area contributed by atoms with Gasteiger partial charge in [-0.1, -0.05) is 0 Å². The molecule has 0 atom stereocenters. The number of benzene rings is 1. The molecule has 1 heterocycles. The van der Waals surface area contributed by atoms with Crippen molar-refractivity contribution in [1.82, 2.24) is 4.90 Å². The maximum Gasteiger partial charge on any atom is 0.189 e. The van der Waals surface area contributed by atoms with E-state index in [9.17, 15) is 0 Å². The molecule has 0 radical (unpaired) electrons. The summed E-state index contributed by atoms with van der Waals surface area (Å²) in [6.45, 7) is 3.18. The van der Waals surface area contributed by atoms with E-state index in [-0.39, 0.29) is 0 Å². The highest BCUT2D eigenvalue weighted by molar-refractivity contribution is 5.53. The molecule has 4 rings (SSSR count). The molecule has 4 nitrogen and oxygen atoms in total. The molecule has 0 spiro atoms. The topological polar surface area (TPSA) is 47.7 Å². The molecule has 0 bridgehead atoms. The van der Waals surface area contributed by atoms with Gasteiger partial charge >= 0.3 is 0 Å². The van der Waals surface area contributed by atoms with Crippen LogP contribution in [-0.2, 0) is 17.9 Å². The number of nitrogen functional groups attached to an aromatic ring is 1. The second kappa shape index (κ2) is 4.93. The van der Waals surface area contributed by atoms with Crippen molar-refractivity contribution in [2.45, 2.75) is 44.9 Å². The van der Waals surface area contributed by atoms with Crippen molar-refractivity contribution in [3.8, 4) is 5.75 Å². The predicted molar refractivity (Wildman–Crippen MR) is 77.3 cm³/mol. The molecule has 108 valence electrons. The molecule has 0 saturated heterocycles. The summed E-state index contributed by atoms with van der Waals surface area (Å²) in [5, 5.41) is 0. The van der Waals surface area contributed by atoms with Gasteiger partial charge in [0.15, 0.2) is 6.79 Å². The number of rotatable bonds is 5. The van der Waals surface area contributed by atoms with Crippen LogP contribution < -0.4 is 10.5 Å². The molecular formula is C16H22N2O2. The summed E-state index contributed by atoms with van der Waals surface area (Å²) in [4.78, 5) is 2.63. The van der Waals surface area contributed by atoms with E-state index in [1.807, 2.05) is 6.07 Å². The van der Waals surface area contributed by atoms with Crippen LogP contribution in [0.5, 0.6) is 5.75 Å². The Morgan fingerprint density at radius 1 is 1.20 bits per heavy atom. The minimum absolute atomic E-state index is 0.357. The fourth-order valence-electron chi connectivity index (χ4n) is 3.08. The first-order valence-electron chi connectivity index (χ1n) is 7.65. The first-order chi connectivity index (χ1) is 9.79. The molecule has 2 N–H and O–H groups in total. The van der Waals surface area contributed by atoms with E-state index >= 15 is 0 Å². The Bertz CT molecular complexity index is 509. The second-order valence-corrected chi connectivity index (χ2v) is 6.38. The maximum atomic E-state index is 6.03. The van der Waals surface area contributed by atoms with Crippen molar-refractivity contribution in [2.24, 2.45) is 5.92 Å². The summed E-state index contributed by atoms with van der Waals surface area (Å²) in [6.07, 6.45) is 5.51. The smallest absolute Gasteiger partial charge is 0.189 e. The van der Waals surface area contributed by atoms with Crippen LogP contribution in [0.2, 0.25) is 0 Å². The lowest BCUT2D eigenvalue weighted by Gasteiger charge is -2.26. The largest absolute Gasteiger partial charge is 0.467 e. The van der Waals surface area contributed by atoms with Crippen LogP contribution in [0.25, 0.3) is 0 Å². The average molecular weight is 274 g/mol. The Morgan fingerprint density at radius 2 is 2.05 bits per heavy atom. The number of hydrogen-bond acceptors (Lipinski definition) is 4. The van der Waals surface area contributed by atoms with E-state index in [1.54, 1.807) is 0 Å². The van der Waals surface area contributed by atoms with Crippen molar-refractivity contribution in [2.75, 3.05) is 19.1 Å².